The lowest BCUT2D eigenvalue weighted by Gasteiger charge is -2.19. The molecule has 0 aliphatic carbocycles. The van der Waals surface area contributed by atoms with Crippen LogP contribution >= 0.6 is 0 Å². The summed E-state index contributed by atoms with van der Waals surface area (Å²) < 4.78 is 0. The zero-order valence-corrected chi connectivity index (χ0v) is 11.3. The van der Waals surface area contributed by atoms with Crippen LogP contribution in [0.1, 0.15) is 17.3 Å². The highest BCUT2D eigenvalue weighted by Crippen LogP contribution is 2.19. The number of anilines is 1. The van der Waals surface area contributed by atoms with Crippen LogP contribution in [0, 0.1) is 0 Å². The first-order valence-corrected chi connectivity index (χ1v) is 5.93. The van der Waals surface area contributed by atoms with E-state index in [0.717, 1.165) is 0 Å². The average molecular weight is 279 g/mol. The lowest BCUT2D eigenvalue weighted by atomic mass is 10.1. The van der Waals surface area contributed by atoms with Crippen LogP contribution in [0.3, 0.4) is 0 Å². The van der Waals surface area contributed by atoms with E-state index in [1.807, 2.05) is 0 Å². The molecule has 1 rings (SSSR count). The van der Waals surface area contributed by atoms with Crippen molar-refractivity contribution in [1.29, 1.82) is 0 Å². The maximum Gasteiger partial charge on any atom is 0.253 e. The van der Waals surface area contributed by atoms with E-state index in [4.69, 9.17) is 5.73 Å². The molecule has 0 spiro atoms. The fourth-order valence-electron chi connectivity index (χ4n) is 1.51. The zero-order valence-electron chi connectivity index (χ0n) is 11.3. The summed E-state index contributed by atoms with van der Waals surface area (Å²) in [5.41, 5.74) is 5.59. The van der Waals surface area contributed by atoms with Gasteiger partial charge in [-0.15, -0.1) is 0 Å². The fraction of sp³-hybridized carbons (Fsp3) is 0.308. The highest BCUT2D eigenvalue weighted by atomic mass is 16.3. The van der Waals surface area contributed by atoms with Crippen molar-refractivity contribution in [2.24, 2.45) is 5.73 Å². The van der Waals surface area contributed by atoms with E-state index >= 15 is 0 Å². The minimum atomic E-state index is -1.45. The smallest absolute Gasteiger partial charge is 0.253 e. The maximum atomic E-state index is 12.0. The summed E-state index contributed by atoms with van der Waals surface area (Å²) in [5.74, 6) is -1.64. The van der Waals surface area contributed by atoms with Crippen molar-refractivity contribution in [3.05, 3.63) is 29.8 Å². The molecule has 7 heteroatoms. The summed E-state index contributed by atoms with van der Waals surface area (Å²) in [4.78, 5) is 35.4. The van der Waals surface area contributed by atoms with Crippen LogP contribution in [-0.2, 0) is 9.59 Å². The zero-order chi connectivity index (χ0) is 15.3. The number of carbonyl (C=O) groups is 3. The quantitative estimate of drug-likeness (QED) is 0.658. The number of primary amides is 1. The van der Waals surface area contributed by atoms with Gasteiger partial charge in [-0.3, -0.25) is 14.4 Å². The second kappa shape index (κ2) is 6.67. The van der Waals surface area contributed by atoms with Crippen molar-refractivity contribution >= 4 is 23.4 Å². The third-order valence-electron chi connectivity index (χ3n) is 2.77. The molecule has 0 fully saturated rings. The molecule has 0 aliphatic heterocycles. The SMILES string of the molecule is CC(=O)N(C)c1ccccc1C(=O)NCC(O)C(N)=O. The van der Waals surface area contributed by atoms with E-state index < -0.39 is 17.9 Å². The summed E-state index contributed by atoms with van der Waals surface area (Å²) in [6.07, 6.45) is -1.45. The first-order valence-electron chi connectivity index (χ1n) is 5.93. The van der Waals surface area contributed by atoms with Gasteiger partial charge in [0.05, 0.1) is 17.8 Å². The third kappa shape index (κ3) is 3.79. The summed E-state index contributed by atoms with van der Waals surface area (Å²) in [5, 5.41) is 11.6. The molecule has 7 nitrogen and oxygen atoms in total. The van der Waals surface area contributed by atoms with Gasteiger partial charge in [0.1, 0.15) is 6.10 Å². The average Bonchev–Trinajstić information content (AvgIpc) is 2.43. The van der Waals surface area contributed by atoms with E-state index in [-0.39, 0.29) is 18.0 Å². The molecule has 4 N–H and O–H groups in total. The number of nitrogens with two attached hydrogens (primary N) is 1. The predicted octanol–water partition coefficient (Wildman–Crippen LogP) is -0.755. The Morgan fingerprint density at radius 1 is 1.35 bits per heavy atom. The number of benzene rings is 1. The molecule has 1 aromatic carbocycles. The number of carbonyl (C=O) groups excluding carboxylic acids is 3. The van der Waals surface area contributed by atoms with Crippen LogP contribution in [0.2, 0.25) is 0 Å². The molecule has 3 amide bonds. The van der Waals surface area contributed by atoms with E-state index in [9.17, 15) is 19.5 Å². The number of hydrogen-bond donors (Lipinski definition) is 3. The van der Waals surface area contributed by atoms with Crippen molar-refractivity contribution in [2.75, 3.05) is 18.5 Å². The highest BCUT2D eigenvalue weighted by molar-refractivity contribution is 6.04. The van der Waals surface area contributed by atoms with Gasteiger partial charge in [-0.2, -0.15) is 0 Å². The number of rotatable bonds is 5. The minimum absolute atomic E-state index is 0.220. The Labute approximate surface area is 116 Å². The first-order chi connectivity index (χ1) is 9.34. The van der Waals surface area contributed by atoms with Crippen molar-refractivity contribution in [3.63, 3.8) is 0 Å². The molecule has 0 aliphatic rings. The van der Waals surface area contributed by atoms with E-state index in [1.165, 1.54) is 11.8 Å². The van der Waals surface area contributed by atoms with Crippen LogP contribution in [0.4, 0.5) is 5.69 Å². The van der Waals surface area contributed by atoms with Crippen molar-refractivity contribution in [1.82, 2.24) is 5.32 Å². The fourth-order valence-corrected chi connectivity index (χ4v) is 1.51. The van der Waals surface area contributed by atoms with Crippen LogP contribution in [0.15, 0.2) is 24.3 Å². The van der Waals surface area contributed by atoms with Gasteiger partial charge < -0.3 is 21.1 Å². The molecule has 0 heterocycles. The minimum Gasteiger partial charge on any atom is -0.381 e. The molecule has 0 bridgehead atoms. The summed E-state index contributed by atoms with van der Waals surface area (Å²) >= 11 is 0. The molecular formula is C13H17N3O4. The number of hydrogen-bond acceptors (Lipinski definition) is 4. The summed E-state index contributed by atoms with van der Waals surface area (Å²) in [6.45, 7) is 1.10. The number of nitrogens with one attached hydrogen (secondary N) is 1. The first kappa shape index (κ1) is 15.6. The molecule has 0 saturated carbocycles. The predicted molar refractivity (Wildman–Crippen MR) is 73.1 cm³/mol. The molecule has 20 heavy (non-hydrogen) atoms. The number of para-hydroxylation sites is 1. The number of aliphatic hydroxyl groups excluding tert-OH is 1. The Kier molecular flexibility index (Phi) is 5.22. The largest absolute Gasteiger partial charge is 0.381 e. The van der Waals surface area contributed by atoms with Crippen LogP contribution in [-0.4, -0.2) is 42.5 Å². The van der Waals surface area contributed by atoms with Crippen molar-refractivity contribution in [3.8, 4) is 0 Å². The lowest BCUT2D eigenvalue weighted by Crippen LogP contribution is -2.40. The number of aliphatic hydroxyl groups is 1. The third-order valence-corrected chi connectivity index (χ3v) is 2.77. The van der Waals surface area contributed by atoms with Gasteiger partial charge in [0.2, 0.25) is 11.8 Å². The Bertz CT molecular complexity index is 530. The van der Waals surface area contributed by atoms with Gasteiger partial charge in [-0.05, 0) is 12.1 Å². The van der Waals surface area contributed by atoms with E-state index in [2.05, 4.69) is 5.32 Å². The number of nitrogens with zero attached hydrogens (tertiary/aromatic N) is 1. The van der Waals surface area contributed by atoms with Crippen LogP contribution < -0.4 is 16.0 Å². The molecule has 0 saturated heterocycles. The molecule has 108 valence electrons. The van der Waals surface area contributed by atoms with Gasteiger partial charge in [0, 0.05) is 14.0 Å². The van der Waals surface area contributed by atoms with Crippen molar-refractivity contribution < 1.29 is 19.5 Å². The van der Waals surface area contributed by atoms with Gasteiger partial charge in [0.15, 0.2) is 0 Å². The molecule has 0 aromatic heterocycles. The monoisotopic (exact) mass is 279 g/mol. The Morgan fingerprint density at radius 3 is 2.50 bits per heavy atom. The van der Waals surface area contributed by atoms with Crippen molar-refractivity contribution in [2.45, 2.75) is 13.0 Å². The maximum absolute atomic E-state index is 12.0. The Morgan fingerprint density at radius 2 is 1.95 bits per heavy atom. The lowest BCUT2D eigenvalue weighted by molar-refractivity contribution is -0.125. The van der Waals surface area contributed by atoms with Gasteiger partial charge in [-0.1, -0.05) is 12.1 Å². The Hall–Kier alpha value is -2.41. The van der Waals surface area contributed by atoms with Crippen LogP contribution in [0.25, 0.3) is 0 Å². The molecular weight excluding hydrogens is 262 g/mol. The Balaban J connectivity index is 2.88. The molecule has 1 aromatic rings. The molecule has 1 atom stereocenters. The number of amides is 3. The van der Waals surface area contributed by atoms with Gasteiger partial charge >= 0.3 is 0 Å². The molecule has 1 unspecified atom stereocenters. The second-order valence-corrected chi connectivity index (χ2v) is 4.22. The summed E-state index contributed by atoms with van der Waals surface area (Å²) in [6, 6.07) is 6.52. The normalized spacial score (nSPS) is 11.6. The van der Waals surface area contributed by atoms with Gasteiger partial charge in [0.25, 0.3) is 5.91 Å². The standard InChI is InChI=1S/C13H17N3O4/c1-8(17)16(2)10-6-4-3-5-9(10)13(20)15-7-11(18)12(14)19/h3-6,11,18H,7H2,1-2H3,(H2,14,19)(H,15,20). The van der Waals surface area contributed by atoms with E-state index in [0.29, 0.717) is 5.69 Å². The second-order valence-electron chi connectivity index (χ2n) is 4.22. The van der Waals surface area contributed by atoms with Gasteiger partial charge in [-0.25, -0.2) is 0 Å². The summed E-state index contributed by atoms with van der Waals surface area (Å²) in [7, 11) is 1.55. The topological polar surface area (TPSA) is 113 Å². The van der Waals surface area contributed by atoms with Crippen LogP contribution in [0.5, 0.6) is 0 Å². The highest BCUT2D eigenvalue weighted by Gasteiger charge is 2.18. The molecule has 0 radical (unpaired) electrons. The van der Waals surface area contributed by atoms with E-state index in [1.54, 1.807) is 31.3 Å².